The van der Waals surface area contributed by atoms with Gasteiger partial charge in [0.25, 0.3) is 5.91 Å². The second-order valence-corrected chi connectivity index (χ2v) is 6.98. The van der Waals surface area contributed by atoms with Crippen LogP contribution >= 0.6 is 0 Å². The van der Waals surface area contributed by atoms with Gasteiger partial charge in [0.1, 0.15) is 6.04 Å². The minimum atomic E-state index is -0.960. The Morgan fingerprint density at radius 3 is 2.60 bits per heavy atom. The summed E-state index contributed by atoms with van der Waals surface area (Å²) in [4.78, 5) is 37.6. The molecular formula is C19H24N2O4. The number of nitrogens with zero attached hydrogens (tertiary/aromatic N) is 1. The lowest BCUT2D eigenvalue weighted by atomic mass is 9.83. The third-order valence-corrected chi connectivity index (χ3v) is 5.14. The van der Waals surface area contributed by atoms with Crippen molar-refractivity contribution in [3.8, 4) is 0 Å². The van der Waals surface area contributed by atoms with Crippen LogP contribution in [0.3, 0.4) is 0 Å². The van der Waals surface area contributed by atoms with Gasteiger partial charge in [0, 0.05) is 24.2 Å². The average molecular weight is 344 g/mol. The first kappa shape index (κ1) is 17.5. The van der Waals surface area contributed by atoms with E-state index in [-0.39, 0.29) is 11.8 Å². The monoisotopic (exact) mass is 344 g/mol. The maximum atomic E-state index is 12.7. The predicted octanol–water partition coefficient (Wildman–Crippen LogP) is 2.89. The van der Waals surface area contributed by atoms with Crippen molar-refractivity contribution in [1.82, 2.24) is 4.90 Å². The first-order chi connectivity index (χ1) is 12.0. The number of carbonyl (C=O) groups is 3. The molecule has 1 aliphatic heterocycles. The summed E-state index contributed by atoms with van der Waals surface area (Å²) in [7, 11) is 0. The fourth-order valence-electron chi connectivity index (χ4n) is 3.50. The number of benzene rings is 1. The van der Waals surface area contributed by atoms with E-state index in [4.69, 9.17) is 0 Å². The topological polar surface area (TPSA) is 86.7 Å². The van der Waals surface area contributed by atoms with Gasteiger partial charge in [-0.15, -0.1) is 0 Å². The molecule has 134 valence electrons. The molecule has 1 aromatic rings. The van der Waals surface area contributed by atoms with Crippen LogP contribution in [-0.2, 0) is 9.59 Å². The fourth-order valence-corrected chi connectivity index (χ4v) is 3.50. The highest BCUT2D eigenvalue weighted by molar-refractivity contribution is 5.99. The van der Waals surface area contributed by atoms with E-state index in [0.29, 0.717) is 36.6 Å². The van der Waals surface area contributed by atoms with E-state index < -0.39 is 12.0 Å². The number of carboxylic acid groups (broad SMARTS) is 1. The first-order valence-electron chi connectivity index (χ1n) is 8.98. The molecule has 0 aromatic heterocycles. The summed E-state index contributed by atoms with van der Waals surface area (Å²) in [6.45, 7) is 0.452. The second kappa shape index (κ2) is 7.68. The largest absolute Gasteiger partial charge is 0.480 e. The first-order valence-corrected chi connectivity index (χ1v) is 8.98. The molecule has 0 spiro atoms. The highest BCUT2D eigenvalue weighted by Crippen LogP contribution is 2.29. The fraction of sp³-hybridized carbons (Fsp3) is 0.526. The normalized spacial score (nSPS) is 20.6. The van der Waals surface area contributed by atoms with Gasteiger partial charge in [-0.1, -0.05) is 12.5 Å². The van der Waals surface area contributed by atoms with Gasteiger partial charge in [-0.3, -0.25) is 9.59 Å². The minimum absolute atomic E-state index is 0.0318. The number of piperidine rings is 1. The number of likely N-dealkylation sites (tertiary alicyclic amines) is 1. The van der Waals surface area contributed by atoms with E-state index in [9.17, 15) is 19.5 Å². The van der Waals surface area contributed by atoms with Crippen molar-refractivity contribution in [3.05, 3.63) is 29.8 Å². The Labute approximate surface area is 147 Å². The third-order valence-electron chi connectivity index (χ3n) is 5.14. The molecule has 2 fully saturated rings. The summed E-state index contributed by atoms with van der Waals surface area (Å²) in [6, 6.07) is 6.00. The van der Waals surface area contributed by atoms with Gasteiger partial charge in [0.2, 0.25) is 5.91 Å². The van der Waals surface area contributed by atoms with Crippen molar-refractivity contribution < 1.29 is 19.5 Å². The summed E-state index contributed by atoms with van der Waals surface area (Å²) in [5, 5.41) is 12.2. The van der Waals surface area contributed by atoms with Crippen LogP contribution < -0.4 is 5.32 Å². The van der Waals surface area contributed by atoms with Crippen LogP contribution in [0, 0.1) is 5.92 Å². The lowest BCUT2D eigenvalue weighted by molar-refractivity contribution is -0.143. The van der Waals surface area contributed by atoms with Gasteiger partial charge >= 0.3 is 5.97 Å². The molecule has 0 radical (unpaired) electrons. The molecule has 6 heteroatoms. The zero-order valence-corrected chi connectivity index (χ0v) is 14.2. The molecule has 2 amide bonds. The number of anilines is 1. The molecule has 2 aliphatic rings. The van der Waals surface area contributed by atoms with E-state index in [2.05, 4.69) is 5.32 Å². The van der Waals surface area contributed by atoms with Gasteiger partial charge in [0.15, 0.2) is 0 Å². The maximum Gasteiger partial charge on any atom is 0.326 e. The van der Waals surface area contributed by atoms with Crippen LogP contribution in [0.2, 0.25) is 0 Å². The van der Waals surface area contributed by atoms with Crippen LogP contribution in [0.15, 0.2) is 24.3 Å². The Morgan fingerprint density at radius 1 is 1.12 bits per heavy atom. The summed E-state index contributed by atoms with van der Waals surface area (Å²) in [5.74, 6) is -0.801. The standard InChI is InChI=1S/C19H24N2O4/c22-17(11-13-5-3-6-13)20-15-8-4-7-14(12-15)18(23)21-10-2-1-9-16(21)19(24)25/h4,7-8,12-13,16H,1-3,5-6,9-11H2,(H,20,22)(H,24,25). The Hall–Kier alpha value is -2.37. The van der Waals surface area contributed by atoms with Gasteiger partial charge < -0.3 is 15.3 Å². The number of hydrogen-bond donors (Lipinski definition) is 2. The quantitative estimate of drug-likeness (QED) is 0.860. The molecule has 1 aromatic carbocycles. The number of carbonyl (C=O) groups excluding carboxylic acids is 2. The van der Waals surface area contributed by atoms with E-state index in [1.165, 1.54) is 11.3 Å². The highest BCUT2D eigenvalue weighted by atomic mass is 16.4. The summed E-state index contributed by atoms with van der Waals surface area (Å²) < 4.78 is 0. The molecule has 1 unspecified atom stereocenters. The van der Waals surface area contributed by atoms with Gasteiger partial charge in [-0.2, -0.15) is 0 Å². The Kier molecular flexibility index (Phi) is 5.36. The molecule has 2 N–H and O–H groups in total. The molecule has 3 rings (SSSR count). The van der Waals surface area contributed by atoms with Crippen molar-refractivity contribution in [2.45, 2.75) is 51.0 Å². The molecule has 6 nitrogen and oxygen atoms in total. The van der Waals surface area contributed by atoms with E-state index in [1.54, 1.807) is 24.3 Å². The van der Waals surface area contributed by atoms with Crippen LogP contribution in [0.5, 0.6) is 0 Å². The van der Waals surface area contributed by atoms with Crippen molar-refractivity contribution >= 4 is 23.5 Å². The number of nitrogens with one attached hydrogen (secondary N) is 1. The minimum Gasteiger partial charge on any atom is -0.480 e. The van der Waals surface area contributed by atoms with E-state index in [0.717, 1.165) is 25.7 Å². The average Bonchev–Trinajstić information content (AvgIpc) is 2.58. The van der Waals surface area contributed by atoms with Crippen molar-refractivity contribution in [3.63, 3.8) is 0 Å². The molecule has 1 aliphatic carbocycles. The van der Waals surface area contributed by atoms with Crippen molar-refractivity contribution in [2.75, 3.05) is 11.9 Å². The number of hydrogen-bond acceptors (Lipinski definition) is 3. The van der Waals surface area contributed by atoms with Crippen LogP contribution in [0.4, 0.5) is 5.69 Å². The SMILES string of the molecule is O=C(CC1CCC1)Nc1cccc(C(=O)N2CCCCC2C(=O)O)c1. The number of carboxylic acids is 1. The van der Waals surface area contributed by atoms with Crippen molar-refractivity contribution in [2.24, 2.45) is 5.92 Å². The molecule has 0 bridgehead atoms. The van der Waals surface area contributed by atoms with Gasteiger partial charge in [-0.05, 0) is 56.2 Å². The lowest BCUT2D eigenvalue weighted by Crippen LogP contribution is -2.48. The van der Waals surface area contributed by atoms with Crippen LogP contribution in [0.1, 0.15) is 55.3 Å². The second-order valence-electron chi connectivity index (χ2n) is 6.98. The molecular weight excluding hydrogens is 320 g/mol. The summed E-state index contributed by atoms with van der Waals surface area (Å²) in [5.41, 5.74) is 0.994. The Balaban J connectivity index is 1.68. The number of rotatable bonds is 5. The molecule has 1 saturated heterocycles. The molecule has 1 atom stereocenters. The third kappa shape index (κ3) is 4.18. The molecule has 1 saturated carbocycles. The zero-order valence-electron chi connectivity index (χ0n) is 14.2. The predicted molar refractivity (Wildman–Crippen MR) is 93.3 cm³/mol. The smallest absolute Gasteiger partial charge is 0.326 e. The maximum absolute atomic E-state index is 12.7. The summed E-state index contributed by atoms with van der Waals surface area (Å²) >= 11 is 0. The summed E-state index contributed by atoms with van der Waals surface area (Å²) in [6.07, 6.45) is 6.05. The highest BCUT2D eigenvalue weighted by Gasteiger charge is 2.32. The van der Waals surface area contributed by atoms with Crippen LogP contribution in [-0.4, -0.2) is 40.4 Å². The Morgan fingerprint density at radius 2 is 1.92 bits per heavy atom. The molecule has 25 heavy (non-hydrogen) atoms. The van der Waals surface area contributed by atoms with Gasteiger partial charge in [-0.25, -0.2) is 4.79 Å². The lowest BCUT2D eigenvalue weighted by Gasteiger charge is -2.33. The van der Waals surface area contributed by atoms with E-state index in [1.807, 2.05) is 0 Å². The van der Waals surface area contributed by atoms with Gasteiger partial charge in [0.05, 0.1) is 0 Å². The van der Waals surface area contributed by atoms with E-state index >= 15 is 0 Å². The number of aliphatic carboxylic acids is 1. The van der Waals surface area contributed by atoms with Crippen molar-refractivity contribution in [1.29, 1.82) is 0 Å². The molecule has 1 heterocycles. The zero-order chi connectivity index (χ0) is 17.8. The Bertz CT molecular complexity index is 669. The van der Waals surface area contributed by atoms with Crippen LogP contribution in [0.25, 0.3) is 0 Å². The number of amides is 2.